The van der Waals surface area contributed by atoms with Crippen LogP contribution in [0.25, 0.3) is 0 Å². The average molecular weight is 284 g/mol. The minimum atomic E-state index is -1.58. The molecule has 0 aliphatic carbocycles. The van der Waals surface area contributed by atoms with Crippen LogP contribution in [0.5, 0.6) is 11.5 Å². The van der Waals surface area contributed by atoms with Gasteiger partial charge in [-0.3, -0.25) is 0 Å². The van der Waals surface area contributed by atoms with E-state index in [1.165, 1.54) is 0 Å². The van der Waals surface area contributed by atoms with E-state index in [2.05, 4.69) is 44.6 Å². The summed E-state index contributed by atoms with van der Waals surface area (Å²) in [5.41, 5.74) is 0.994. The molecule has 0 saturated carbocycles. The van der Waals surface area contributed by atoms with Crippen molar-refractivity contribution in [2.75, 3.05) is 12.4 Å². The van der Waals surface area contributed by atoms with Crippen LogP contribution in [0.4, 0.5) is 5.69 Å². The smallest absolute Gasteiger partial charge is 0.242 e. The van der Waals surface area contributed by atoms with Crippen LogP contribution < -0.4 is 14.2 Å². The van der Waals surface area contributed by atoms with Gasteiger partial charge in [0.2, 0.25) is 16.6 Å². The summed E-state index contributed by atoms with van der Waals surface area (Å²) in [6.45, 7) is 13.1. The fraction of sp³-hybridized carbons (Fsp3) is 0.538. The Bertz CT molecular complexity index is 408. The first-order valence-electron chi connectivity index (χ1n) is 6.30. The summed E-state index contributed by atoms with van der Waals surface area (Å²) in [4.78, 5) is 0. The van der Waals surface area contributed by atoms with E-state index in [0.717, 1.165) is 17.2 Å². The lowest BCUT2D eigenvalue weighted by Gasteiger charge is -2.24. The Labute approximate surface area is 113 Å². The van der Waals surface area contributed by atoms with Crippen molar-refractivity contribution in [1.82, 2.24) is 0 Å². The van der Waals surface area contributed by atoms with E-state index < -0.39 is 16.6 Å². The Morgan fingerprint density at radius 3 is 1.89 bits per heavy atom. The molecule has 0 unspecified atom stereocenters. The Balaban J connectivity index is 2.97. The average Bonchev–Trinajstić information content (AvgIpc) is 2.16. The maximum atomic E-state index is 6.04. The molecule has 102 valence electrons. The van der Waals surface area contributed by atoms with Gasteiger partial charge in [-0.1, -0.05) is 0 Å². The summed E-state index contributed by atoms with van der Waals surface area (Å²) in [5.74, 6) is 1.83. The number of rotatable bonds is 5. The highest BCUT2D eigenvalue weighted by Gasteiger charge is 2.20. The Morgan fingerprint density at radius 2 is 1.44 bits per heavy atom. The maximum Gasteiger partial charge on any atom is 0.242 e. The van der Waals surface area contributed by atoms with Gasteiger partial charge in [0.05, 0.1) is 5.69 Å². The molecule has 0 saturated heterocycles. The number of hydrogen-bond acceptors (Lipinski definition) is 3. The number of anilines is 1. The summed E-state index contributed by atoms with van der Waals surface area (Å²) >= 11 is 0. The first kappa shape index (κ1) is 15.1. The van der Waals surface area contributed by atoms with Gasteiger partial charge in [-0.05, 0) is 51.4 Å². The Kier molecular flexibility index (Phi) is 4.50. The zero-order chi connectivity index (χ0) is 14.0. The molecule has 0 aliphatic rings. The largest absolute Gasteiger partial charge is 0.544 e. The lowest BCUT2D eigenvalue weighted by atomic mass is 10.3. The van der Waals surface area contributed by atoms with Gasteiger partial charge in [-0.15, -0.1) is 0 Å². The van der Waals surface area contributed by atoms with Gasteiger partial charge < -0.3 is 14.2 Å². The molecule has 1 N–H and O–H groups in total. The standard InChI is InChI=1S/C13H25NO2Si2/c1-14-12-10-11(15-17(2,3)4)8-9-13(12)16-18(5,6)7/h8-10,14H,1-7H3. The highest BCUT2D eigenvalue weighted by atomic mass is 28.4. The summed E-state index contributed by atoms with van der Waals surface area (Å²) in [6.07, 6.45) is 0. The van der Waals surface area contributed by atoms with Crippen molar-refractivity contribution in [3.63, 3.8) is 0 Å². The van der Waals surface area contributed by atoms with Gasteiger partial charge in [0, 0.05) is 13.1 Å². The summed E-state index contributed by atoms with van der Waals surface area (Å²) < 4.78 is 12.0. The summed E-state index contributed by atoms with van der Waals surface area (Å²) in [6, 6.07) is 6.02. The first-order chi connectivity index (χ1) is 8.11. The van der Waals surface area contributed by atoms with E-state index in [1.807, 2.05) is 25.2 Å². The molecule has 0 aliphatic heterocycles. The molecule has 18 heavy (non-hydrogen) atoms. The van der Waals surface area contributed by atoms with Crippen LogP contribution >= 0.6 is 0 Å². The second kappa shape index (κ2) is 5.36. The third-order valence-electron chi connectivity index (χ3n) is 2.06. The number of nitrogens with one attached hydrogen (secondary N) is 1. The van der Waals surface area contributed by atoms with Crippen molar-refractivity contribution in [3.8, 4) is 11.5 Å². The lowest BCUT2D eigenvalue weighted by molar-refractivity contribution is 0.544. The minimum absolute atomic E-state index is 0.916. The fourth-order valence-electron chi connectivity index (χ4n) is 1.54. The molecule has 0 spiro atoms. The van der Waals surface area contributed by atoms with Crippen molar-refractivity contribution in [2.24, 2.45) is 0 Å². The van der Waals surface area contributed by atoms with E-state index in [0.29, 0.717) is 0 Å². The molecule has 5 heteroatoms. The predicted octanol–water partition coefficient (Wildman–Crippen LogP) is 4.16. The Morgan fingerprint density at radius 1 is 0.889 bits per heavy atom. The first-order valence-corrected chi connectivity index (χ1v) is 13.1. The van der Waals surface area contributed by atoms with Crippen LogP contribution in [0.3, 0.4) is 0 Å². The molecule has 1 aromatic rings. The zero-order valence-electron chi connectivity index (χ0n) is 12.5. The van der Waals surface area contributed by atoms with Crippen molar-refractivity contribution >= 4 is 22.3 Å². The third kappa shape index (κ3) is 5.14. The summed E-state index contributed by atoms with van der Waals surface area (Å²) in [5, 5.41) is 3.18. The molecule has 0 radical (unpaired) electrons. The van der Waals surface area contributed by atoms with Crippen molar-refractivity contribution < 1.29 is 8.85 Å². The van der Waals surface area contributed by atoms with Gasteiger partial charge in [0.25, 0.3) is 0 Å². The minimum Gasteiger partial charge on any atom is -0.544 e. The lowest BCUT2D eigenvalue weighted by Crippen LogP contribution is -2.30. The van der Waals surface area contributed by atoms with E-state index in [-0.39, 0.29) is 0 Å². The SMILES string of the molecule is CNc1cc(O[Si](C)(C)C)ccc1O[Si](C)(C)C. The molecule has 0 fully saturated rings. The van der Waals surface area contributed by atoms with E-state index in [1.54, 1.807) is 0 Å². The molecule has 3 nitrogen and oxygen atoms in total. The molecule has 1 aromatic carbocycles. The molecular weight excluding hydrogens is 258 g/mol. The second-order valence-corrected chi connectivity index (χ2v) is 15.2. The molecular formula is C13H25NO2Si2. The molecule has 0 atom stereocenters. The highest BCUT2D eigenvalue weighted by Crippen LogP contribution is 2.31. The van der Waals surface area contributed by atoms with Crippen LogP contribution in [0.2, 0.25) is 39.3 Å². The van der Waals surface area contributed by atoms with Crippen LogP contribution in [0.1, 0.15) is 0 Å². The monoisotopic (exact) mass is 283 g/mol. The van der Waals surface area contributed by atoms with Gasteiger partial charge in [0.15, 0.2) is 0 Å². The molecule has 0 amide bonds. The fourth-order valence-corrected chi connectivity index (χ4v) is 3.21. The van der Waals surface area contributed by atoms with E-state index >= 15 is 0 Å². The Hall–Kier alpha value is -0.946. The van der Waals surface area contributed by atoms with Crippen LogP contribution in [-0.2, 0) is 0 Å². The topological polar surface area (TPSA) is 30.5 Å². The van der Waals surface area contributed by atoms with Gasteiger partial charge >= 0.3 is 0 Å². The maximum absolute atomic E-state index is 6.04. The van der Waals surface area contributed by atoms with Crippen LogP contribution in [0, 0.1) is 0 Å². The quantitative estimate of drug-likeness (QED) is 0.823. The molecule has 0 bridgehead atoms. The van der Waals surface area contributed by atoms with Crippen molar-refractivity contribution in [2.45, 2.75) is 39.3 Å². The van der Waals surface area contributed by atoms with E-state index in [4.69, 9.17) is 8.85 Å². The third-order valence-corrected chi connectivity index (χ3v) is 3.74. The highest BCUT2D eigenvalue weighted by molar-refractivity contribution is 6.70. The molecule has 1 rings (SSSR count). The number of benzene rings is 1. The molecule has 0 aromatic heterocycles. The van der Waals surface area contributed by atoms with Gasteiger partial charge in [-0.25, -0.2) is 0 Å². The predicted molar refractivity (Wildman–Crippen MR) is 83.9 cm³/mol. The van der Waals surface area contributed by atoms with Gasteiger partial charge in [-0.2, -0.15) is 0 Å². The van der Waals surface area contributed by atoms with E-state index in [9.17, 15) is 0 Å². The second-order valence-electron chi connectivity index (χ2n) is 6.34. The van der Waals surface area contributed by atoms with Crippen LogP contribution in [-0.4, -0.2) is 23.7 Å². The normalized spacial score (nSPS) is 12.2. The summed E-state index contributed by atoms with van der Waals surface area (Å²) in [7, 11) is -1.23. The van der Waals surface area contributed by atoms with Crippen molar-refractivity contribution in [1.29, 1.82) is 0 Å². The molecule has 0 heterocycles. The van der Waals surface area contributed by atoms with Crippen LogP contribution in [0.15, 0.2) is 18.2 Å². The zero-order valence-corrected chi connectivity index (χ0v) is 14.5. The van der Waals surface area contributed by atoms with Crippen molar-refractivity contribution in [3.05, 3.63) is 18.2 Å². The number of hydrogen-bond donors (Lipinski definition) is 1. The van der Waals surface area contributed by atoms with Gasteiger partial charge in [0.1, 0.15) is 11.5 Å².